The molecule has 2 aliphatic rings. The first-order valence-corrected chi connectivity index (χ1v) is 10.8. The van der Waals surface area contributed by atoms with Crippen LogP contribution in [0.15, 0.2) is 42.5 Å². The highest BCUT2D eigenvalue weighted by Crippen LogP contribution is 2.31. The molecule has 2 unspecified atom stereocenters. The SMILES string of the molecule is C/C=C/c1cc(C2CN3CCN(C(=O)c4cccc(OC)c4Cl)CC3CO2)ccc1F. The molecule has 0 radical (unpaired) electrons. The summed E-state index contributed by atoms with van der Waals surface area (Å²) in [6.45, 7) is 5.04. The molecular weight excluding hydrogens is 419 g/mol. The molecule has 5 nitrogen and oxygen atoms in total. The number of ether oxygens (including phenoxy) is 2. The van der Waals surface area contributed by atoms with Crippen molar-refractivity contribution in [1.29, 1.82) is 0 Å². The average molecular weight is 445 g/mol. The summed E-state index contributed by atoms with van der Waals surface area (Å²) in [5.41, 5.74) is 1.98. The number of rotatable bonds is 4. The molecule has 2 aromatic rings. The predicted molar refractivity (Wildman–Crippen MR) is 119 cm³/mol. The molecule has 164 valence electrons. The fraction of sp³-hybridized carbons (Fsp3) is 0.375. The predicted octanol–water partition coefficient (Wildman–Crippen LogP) is 4.42. The molecule has 0 N–H and O–H groups in total. The summed E-state index contributed by atoms with van der Waals surface area (Å²) < 4.78 is 25.3. The Morgan fingerprint density at radius 3 is 2.87 bits per heavy atom. The van der Waals surface area contributed by atoms with Gasteiger partial charge in [-0.3, -0.25) is 9.69 Å². The fourth-order valence-corrected chi connectivity index (χ4v) is 4.53. The first-order chi connectivity index (χ1) is 15.0. The van der Waals surface area contributed by atoms with Crippen molar-refractivity contribution < 1.29 is 18.7 Å². The molecule has 7 heteroatoms. The van der Waals surface area contributed by atoms with Gasteiger partial charge < -0.3 is 14.4 Å². The van der Waals surface area contributed by atoms with Crippen molar-refractivity contribution in [1.82, 2.24) is 9.80 Å². The topological polar surface area (TPSA) is 42.0 Å². The molecule has 0 spiro atoms. The van der Waals surface area contributed by atoms with Gasteiger partial charge in [0, 0.05) is 31.7 Å². The van der Waals surface area contributed by atoms with Gasteiger partial charge >= 0.3 is 0 Å². The first-order valence-electron chi connectivity index (χ1n) is 10.4. The molecule has 2 saturated heterocycles. The van der Waals surface area contributed by atoms with Crippen LogP contribution in [0.3, 0.4) is 0 Å². The molecule has 2 atom stereocenters. The van der Waals surface area contributed by atoms with Gasteiger partial charge in [0.15, 0.2) is 0 Å². The number of carbonyl (C=O) groups excluding carboxylic acids is 1. The third-order valence-corrected chi connectivity index (χ3v) is 6.32. The van der Waals surface area contributed by atoms with E-state index in [-0.39, 0.29) is 23.9 Å². The van der Waals surface area contributed by atoms with Crippen LogP contribution in [-0.4, -0.2) is 61.6 Å². The lowest BCUT2D eigenvalue weighted by Gasteiger charge is -2.46. The number of carbonyl (C=O) groups is 1. The zero-order valence-corrected chi connectivity index (χ0v) is 18.4. The highest BCUT2D eigenvalue weighted by atomic mass is 35.5. The number of nitrogens with zero attached hydrogens (tertiary/aromatic N) is 2. The number of piperazine rings is 1. The van der Waals surface area contributed by atoms with E-state index >= 15 is 0 Å². The quantitative estimate of drug-likeness (QED) is 0.700. The Kier molecular flexibility index (Phi) is 6.60. The minimum atomic E-state index is -0.237. The molecule has 2 heterocycles. The van der Waals surface area contributed by atoms with Crippen molar-refractivity contribution in [2.75, 3.05) is 39.9 Å². The van der Waals surface area contributed by atoms with Crippen molar-refractivity contribution in [2.24, 2.45) is 0 Å². The molecule has 2 aliphatic heterocycles. The van der Waals surface area contributed by atoms with Gasteiger partial charge in [0.2, 0.25) is 0 Å². The Morgan fingerprint density at radius 2 is 2.10 bits per heavy atom. The first kappa shape index (κ1) is 21.8. The minimum Gasteiger partial charge on any atom is -0.495 e. The maximum Gasteiger partial charge on any atom is 0.255 e. The van der Waals surface area contributed by atoms with E-state index < -0.39 is 0 Å². The molecule has 1 amide bonds. The average Bonchev–Trinajstić information content (AvgIpc) is 2.79. The highest BCUT2D eigenvalue weighted by molar-refractivity contribution is 6.35. The van der Waals surface area contributed by atoms with Crippen LogP contribution in [0.2, 0.25) is 5.02 Å². The van der Waals surface area contributed by atoms with Gasteiger partial charge in [0.05, 0.1) is 36.4 Å². The summed E-state index contributed by atoms with van der Waals surface area (Å²) in [7, 11) is 1.53. The third kappa shape index (κ3) is 4.47. The number of fused-ring (bicyclic) bond motifs is 1. The normalized spacial score (nSPS) is 21.9. The van der Waals surface area contributed by atoms with Crippen LogP contribution in [-0.2, 0) is 4.74 Å². The van der Waals surface area contributed by atoms with Crippen LogP contribution < -0.4 is 4.74 Å². The fourth-order valence-electron chi connectivity index (χ4n) is 4.24. The van der Waals surface area contributed by atoms with Crippen LogP contribution in [0.4, 0.5) is 4.39 Å². The van der Waals surface area contributed by atoms with E-state index in [0.717, 1.165) is 12.1 Å². The Hall–Kier alpha value is -2.41. The standard InChI is InChI=1S/C24H26ClFN2O3/c1-3-5-16-12-17(8-9-20(16)26)22-14-27-10-11-28(13-18(27)15-31-22)24(29)19-6-4-7-21(30-2)23(19)25/h3-9,12,18,22H,10-11,13-15H2,1-2H3/b5-3+. The van der Waals surface area contributed by atoms with Crippen molar-refractivity contribution in [3.05, 3.63) is 70.0 Å². The number of halogens is 2. The summed E-state index contributed by atoms with van der Waals surface area (Å²) in [6.07, 6.45) is 3.47. The summed E-state index contributed by atoms with van der Waals surface area (Å²) in [5, 5.41) is 0.339. The number of benzene rings is 2. The second kappa shape index (κ2) is 9.39. The summed E-state index contributed by atoms with van der Waals surface area (Å²) in [6, 6.07) is 10.5. The van der Waals surface area contributed by atoms with Crippen LogP contribution in [0.1, 0.15) is 34.5 Å². The summed E-state index contributed by atoms with van der Waals surface area (Å²) in [4.78, 5) is 17.2. The van der Waals surface area contributed by atoms with E-state index in [1.807, 2.05) is 24.0 Å². The molecular formula is C24H26ClFN2O3. The number of allylic oxidation sites excluding steroid dienone is 1. The number of hydrogen-bond donors (Lipinski definition) is 0. The maximum absolute atomic E-state index is 14.0. The second-order valence-corrected chi connectivity index (χ2v) is 8.20. The van der Waals surface area contributed by atoms with Crippen molar-refractivity contribution >= 4 is 23.6 Å². The van der Waals surface area contributed by atoms with E-state index in [4.69, 9.17) is 21.1 Å². The third-order valence-electron chi connectivity index (χ3n) is 5.93. The van der Waals surface area contributed by atoms with Crippen LogP contribution >= 0.6 is 11.6 Å². The second-order valence-electron chi connectivity index (χ2n) is 7.82. The van der Waals surface area contributed by atoms with E-state index in [2.05, 4.69) is 4.90 Å². The number of methoxy groups -OCH3 is 1. The smallest absolute Gasteiger partial charge is 0.255 e. The zero-order chi connectivity index (χ0) is 22.0. The molecule has 2 aromatic carbocycles. The van der Waals surface area contributed by atoms with Gasteiger partial charge in [-0.25, -0.2) is 4.39 Å². The van der Waals surface area contributed by atoms with Crippen molar-refractivity contribution in [2.45, 2.75) is 19.1 Å². The summed E-state index contributed by atoms with van der Waals surface area (Å²) >= 11 is 6.35. The molecule has 0 saturated carbocycles. The number of amides is 1. The van der Waals surface area contributed by atoms with Crippen LogP contribution in [0.5, 0.6) is 5.75 Å². The number of morpholine rings is 1. The van der Waals surface area contributed by atoms with Gasteiger partial charge in [0.1, 0.15) is 11.6 Å². The van der Waals surface area contributed by atoms with E-state index in [9.17, 15) is 9.18 Å². The van der Waals surface area contributed by atoms with Gasteiger partial charge in [-0.15, -0.1) is 0 Å². The molecule has 2 fully saturated rings. The lowest BCUT2D eigenvalue weighted by molar-refractivity contribution is -0.0858. The van der Waals surface area contributed by atoms with Crippen LogP contribution in [0.25, 0.3) is 6.08 Å². The Labute approximate surface area is 187 Å². The molecule has 0 bridgehead atoms. The lowest BCUT2D eigenvalue weighted by Crippen LogP contribution is -2.59. The van der Waals surface area contributed by atoms with E-state index in [0.29, 0.717) is 48.1 Å². The van der Waals surface area contributed by atoms with Crippen LogP contribution in [0, 0.1) is 5.82 Å². The molecule has 0 aromatic heterocycles. The monoisotopic (exact) mass is 444 g/mol. The number of hydrogen-bond acceptors (Lipinski definition) is 4. The molecule has 31 heavy (non-hydrogen) atoms. The Morgan fingerprint density at radius 1 is 1.26 bits per heavy atom. The Balaban J connectivity index is 1.43. The van der Waals surface area contributed by atoms with Gasteiger partial charge in [0.25, 0.3) is 5.91 Å². The minimum absolute atomic E-state index is 0.0970. The van der Waals surface area contributed by atoms with E-state index in [1.165, 1.54) is 13.2 Å². The Bertz CT molecular complexity index is 997. The van der Waals surface area contributed by atoms with Crippen molar-refractivity contribution in [3.63, 3.8) is 0 Å². The lowest BCUT2D eigenvalue weighted by atomic mass is 10.0. The maximum atomic E-state index is 14.0. The van der Waals surface area contributed by atoms with Gasteiger partial charge in [-0.05, 0) is 36.8 Å². The van der Waals surface area contributed by atoms with Gasteiger partial charge in [-0.2, -0.15) is 0 Å². The molecule has 0 aliphatic carbocycles. The highest BCUT2D eigenvalue weighted by Gasteiger charge is 2.36. The molecule has 4 rings (SSSR count). The zero-order valence-electron chi connectivity index (χ0n) is 17.7. The summed E-state index contributed by atoms with van der Waals surface area (Å²) in [5.74, 6) is 0.158. The van der Waals surface area contributed by atoms with E-state index in [1.54, 1.807) is 30.3 Å². The van der Waals surface area contributed by atoms with Crippen molar-refractivity contribution in [3.8, 4) is 5.75 Å². The largest absolute Gasteiger partial charge is 0.495 e. The van der Waals surface area contributed by atoms with Gasteiger partial charge in [-0.1, -0.05) is 35.9 Å².